The number of thiazole rings is 1. The zero-order valence-corrected chi connectivity index (χ0v) is 14.8. The third kappa shape index (κ3) is 4.87. The molecule has 7 heteroatoms. The van der Waals surface area contributed by atoms with Gasteiger partial charge in [0.1, 0.15) is 5.01 Å². The van der Waals surface area contributed by atoms with Crippen LogP contribution in [0.4, 0.5) is 0 Å². The maximum Gasteiger partial charge on any atom is 0.191 e. The van der Waals surface area contributed by atoms with Crippen molar-refractivity contribution >= 4 is 40.5 Å². The summed E-state index contributed by atoms with van der Waals surface area (Å²) < 4.78 is 0. The Morgan fingerprint density at radius 3 is 2.68 bits per heavy atom. The van der Waals surface area contributed by atoms with Gasteiger partial charge in [0.2, 0.25) is 0 Å². The summed E-state index contributed by atoms with van der Waals surface area (Å²) in [4.78, 5) is 9.85. The first-order valence-corrected chi connectivity index (χ1v) is 8.51. The monoisotopic (exact) mass is 356 g/mol. The van der Waals surface area contributed by atoms with E-state index in [4.69, 9.17) is 23.2 Å². The number of aliphatic imine (C=N–C) groups is 1. The smallest absolute Gasteiger partial charge is 0.191 e. The van der Waals surface area contributed by atoms with Gasteiger partial charge in [-0.05, 0) is 24.1 Å². The van der Waals surface area contributed by atoms with Crippen molar-refractivity contribution in [3.8, 4) is 0 Å². The second kappa shape index (κ2) is 8.36. The third-order valence-corrected chi connectivity index (χ3v) is 4.77. The van der Waals surface area contributed by atoms with Crippen LogP contribution < -0.4 is 10.6 Å². The molecule has 1 aromatic carbocycles. The lowest BCUT2D eigenvalue weighted by Gasteiger charge is -2.12. The molecule has 2 aromatic rings. The number of halogens is 2. The summed E-state index contributed by atoms with van der Waals surface area (Å²) in [5, 5.41) is 8.79. The molecule has 118 valence electrons. The molecule has 0 amide bonds. The summed E-state index contributed by atoms with van der Waals surface area (Å²) in [6, 6.07) is 5.46. The first-order chi connectivity index (χ1) is 10.6. The summed E-state index contributed by atoms with van der Waals surface area (Å²) in [6.07, 6.45) is 2.94. The van der Waals surface area contributed by atoms with Gasteiger partial charge in [0.15, 0.2) is 5.96 Å². The van der Waals surface area contributed by atoms with Gasteiger partial charge in [-0.2, -0.15) is 0 Å². The Balaban J connectivity index is 1.87. The Hall–Kier alpha value is -1.30. The van der Waals surface area contributed by atoms with Crippen molar-refractivity contribution < 1.29 is 0 Å². The van der Waals surface area contributed by atoms with Crippen LogP contribution in [0.15, 0.2) is 29.4 Å². The number of aromatic nitrogens is 1. The van der Waals surface area contributed by atoms with Crippen molar-refractivity contribution in [1.29, 1.82) is 0 Å². The van der Waals surface area contributed by atoms with E-state index in [9.17, 15) is 0 Å². The predicted molar refractivity (Wildman–Crippen MR) is 95.0 cm³/mol. The van der Waals surface area contributed by atoms with Crippen LogP contribution in [-0.4, -0.2) is 18.0 Å². The van der Waals surface area contributed by atoms with Crippen LogP contribution in [0.2, 0.25) is 10.0 Å². The van der Waals surface area contributed by atoms with Crippen molar-refractivity contribution in [2.75, 3.05) is 7.05 Å². The van der Waals surface area contributed by atoms with Crippen LogP contribution in [0.3, 0.4) is 0 Å². The Morgan fingerprint density at radius 1 is 1.27 bits per heavy atom. The van der Waals surface area contributed by atoms with Gasteiger partial charge in [-0.1, -0.05) is 36.2 Å². The molecule has 1 heterocycles. The summed E-state index contributed by atoms with van der Waals surface area (Å²) in [7, 11) is 1.73. The van der Waals surface area contributed by atoms with Gasteiger partial charge in [-0.15, -0.1) is 11.3 Å². The maximum absolute atomic E-state index is 6.15. The highest BCUT2D eigenvalue weighted by Gasteiger charge is 2.05. The van der Waals surface area contributed by atoms with Crippen molar-refractivity contribution in [1.82, 2.24) is 15.6 Å². The summed E-state index contributed by atoms with van der Waals surface area (Å²) in [6.45, 7) is 3.35. The first-order valence-electron chi connectivity index (χ1n) is 6.94. The van der Waals surface area contributed by atoms with Crippen molar-refractivity contribution in [2.45, 2.75) is 26.4 Å². The minimum atomic E-state index is 0.577. The molecule has 2 N–H and O–H groups in total. The minimum Gasteiger partial charge on any atom is -0.352 e. The number of benzene rings is 1. The zero-order chi connectivity index (χ0) is 15.9. The van der Waals surface area contributed by atoms with E-state index in [0.717, 1.165) is 17.0 Å². The lowest BCUT2D eigenvalue weighted by Crippen LogP contribution is -2.36. The maximum atomic E-state index is 6.15. The molecule has 0 saturated heterocycles. The Morgan fingerprint density at radius 2 is 2.05 bits per heavy atom. The van der Waals surface area contributed by atoms with Gasteiger partial charge >= 0.3 is 0 Å². The Labute approximate surface area is 144 Å². The van der Waals surface area contributed by atoms with E-state index in [1.807, 2.05) is 18.3 Å². The fraction of sp³-hybridized carbons (Fsp3) is 0.333. The van der Waals surface area contributed by atoms with Crippen molar-refractivity contribution in [3.63, 3.8) is 0 Å². The predicted octanol–water partition coefficient (Wildman–Crippen LogP) is 3.88. The molecule has 0 aliphatic heterocycles. The topological polar surface area (TPSA) is 49.3 Å². The molecule has 4 nitrogen and oxygen atoms in total. The number of rotatable bonds is 5. The zero-order valence-electron chi connectivity index (χ0n) is 12.5. The lowest BCUT2D eigenvalue weighted by molar-refractivity contribution is 0.805. The van der Waals surface area contributed by atoms with Crippen LogP contribution in [0.5, 0.6) is 0 Å². The number of aryl methyl sites for hydroxylation is 1. The molecule has 0 saturated carbocycles. The fourth-order valence-electron chi connectivity index (χ4n) is 1.82. The van der Waals surface area contributed by atoms with E-state index >= 15 is 0 Å². The number of nitrogens with one attached hydrogen (secondary N) is 2. The molecule has 2 rings (SSSR count). The second-order valence-electron chi connectivity index (χ2n) is 4.59. The number of guanidine groups is 1. The number of hydrogen-bond acceptors (Lipinski definition) is 3. The van der Waals surface area contributed by atoms with Gasteiger partial charge in [-0.25, -0.2) is 4.98 Å². The van der Waals surface area contributed by atoms with Crippen LogP contribution >= 0.6 is 34.5 Å². The largest absolute Gasteiger partial charge is 0.352 e. The van der Waals surface area contributed by atoms with Crippen LogP contribution in [-0.2, 0) is 19.5 Å². The molecule has 0 atom stereocenters. The normalized spacial score (nSPS) is 11.5. The van der Waals surface area contributed by atoms with Gasteiger partial charge < -0.3 is 10.6 Å². The van der Waals surface area contributed by atoms with Crippen LogP contribution in [0, 0.1) is 0 Å². The lowest BCUT2D eigenvalue weighted by atomic mass is 10.2. The molecule has 0 unspecified atom stereocenters. The molecule has 0 bridgehead atoms. The van der Waals surface area contributed by atoms with Gasteiger partial charge in [0, 0.05) is 34.7 Å². The van der Waals surface area contributed by atoms with Crippen LogP contribution in [0.1, 0.15) is 22.4 Å². The second-order valence-corrected chi connectivity index (χ2v) is 6.63. The molecule has 0 fully saturated rings. The Bertz CT molecular complexity index is 655. The van der Waals surface area contributed by atoms with Gasteiger partial charge in [0.05, 0.1) is 6.54 Å². The number of hydrogen-bond donors (Lipinski definition) is 2. The summed E-state index contributed by atoms with van der Waals surface area (Å²) in [5.41, 5.74) is 0.969. The van der Waals surface area contributed by atoms with Crippen molar-refractivity contribution in [3.05, 3.63) is 49.9 Å². The van der Waals surface area contributed by atoms with E-state index < -0.39 is 0 Å². The molecule has 22 heavy (non-hydrogen) atoms. The highest BCUT2D eigenvalue weighted by atomic mass is 35.5. The quantitative estimate of drug-likeness (QED) is 0.631. The molecule has 0 aliphatic carbocycles. The van der Waals surface area contributed by atoms with E-state index in [1.54, 1.807) is 24.5 Å². The van der Waals surface area contributed by atoms with Gasteiger partial charge in [-0.3, -0.25) is 4.99 Å². The third-order valence-electron chi connectivity index (χ3n) is 3.04. The van der Waals surface area contributed by atoms with E-state index in [-0.39, 0.29) is 0 Å². The highest BCUT2D eigenvalue weighted by molar-refractivity contribution is 7.11. The average molecular weight is 357 g/mol. The molecule has 0 radical (unpaired) electrons. The minimum absolute atomic E-state index is 0.577. The van der Waals surface area contributed by atoms with E-state index in [2.05, 4.69) is 27.5 Å². The molecule has 0 aliphatic rings. The standard InChI is InChI=1S/C15H18Cl2N4S/c1-3-12-8-19-14(22-12)9-21-15(18-2)20-7-10-4-5-11(16)6-13(10)17/h4-6,8H,3,7,9H2,1-2H3,(H2,18,20,21). The highest BCUT2D eigenvalue weighted by Crippen LogP contribution is 2.20. The van der Waals surface area contributed by atoms with Crippen LogP contribution in [0.25, 0.3) is 0 Å². The van der Waals surface area contributed by atoms with E-state index in [1.165, 1.54) is 4.88 Å². The number of nitrogens with zero attached hydrogens (tertiary/aromatic N) is 2. The molecule has 0 spiro atoms. The average Bonchev–Trinajstić information content (AvgIpc) is 2.97. The fourth-order valence-corrected chi connectivity index (χ4v) is 3.09. The molecule has 1 aromatic heterocycles. The molecular formula is C15H18Cl2N4S. The van der Waals surface area contributed by atoms with E-state index in [0.29, 0.717) is 29.1 Å². The Kier molecular flexibility index (Phi) is 6.49. The summed E-state index contributed by atoms with van der Waals surface area (Å²) in [5.74, 6) is 0.708. The van der Waals surface area contributed by atoms with Gasteiger partial charge in [0.25, 0.3) is 0 Å². The first kappa shape index (κ1) is 17.1. The summed E-state index contributed by atoms with van der Waals surface area (Å²) >= 11 is 13.8. The molecular weight excluding hydrogens is 339 g/mol. The van der Waals surface area contributed by atoms with Crippen molar-refractivity contribution in [2.24, 2.45) is 4.99 Å². The SMILES string of the molecule is CCc1cnc(CNC(=NC)NCc2ccc(Cl)cc2Cl)s1.